The highest BCUT2D eigenvalue weighted by Crippen LogP contribution is 2.17. The summed E-state index contributed by atoms with van der Waals surface area (Å²) < 4.78 is 2.02. The summed E-state index contributed by atoms with van der Waals surface area (Å²) in [6.45, 7) is 3.69. The molecule has 1 atom stereocenters. The highest BCUT2D eigenvalue weighted by Gasteiger charge is 2.13. The monoisotopic (exact) mass is 306 g/mol. The second-order valence-electron chi connectivity index (χ2n) is 4.96. The number of nitrogens with one attached hydrogen (secondary N) is 2. The summed E-state index contributed by atoms with van der Waals surface area (Å²) in [6.07, 6.45) is 0. The minimum absolute atomic E-state index is 0.0584. The number of hydrogen-bond donors (Lipinski definition) is 3. The van der Waals surface area contributed by atoms with E-state index in [9.17, 15) is 4.79 Å². The van der Waals surface area contributed by atoms with Crippen LogP contribution in [0.2, 0.25) is 0 Å². The van der Waals surface area contributed by atoms with Crippen molar-refractivity contribution in [2.24, 2.45) is 0 Å². The van der Waals surface area contributed by atoms with Gasteiger partial charge in [-0.15, -0.1) is 0 Å². The standard InChI is InChI=1S/C14H18N4O2S/c1-9-3-5-11(6-4-9)13-16-17-14(21)18(13)7-12(20)15-10(2)8-19/h3-6,10,19H,7-8H2,1-2H3,(H,15,20)(H,17,21). The molecule has 3 N–H and O–H groups in total. The third-order valence-electron chi connectivity index (χ3n) is 3.05. The lowest BCUT2D eigenvalue weighted by molar-refractivity contribution is -0.122. The summed E-state index contributed by atoms with van der Waals surface area (Å²) in [5.41, 5.74) is 2.03. The minimum Gasteiger partial charge on any atom is -0.394 e. The smallest absolute Gasteiger partial charge is 0.240 e. The fourth-order valence-corrected chi connectivity index (χ4v) is 2.09. The molecule has 0 fully saturated rings. The molecular formula is C14H18N4O2S. The second kappa shape index (κ2) is 6.64. The first-order chi connectivity index (χ1) is 10.0. The number of aliphatic hydroxyl groups is 1. The SMILES string of the molecule is Cc1ccc(-c2n[nH]c(=S)n2CC(=O)NC(C)CO)cc1. The van der Waals surface area contributed by atoms with Crippen molar-refractivity contribution < 1.29 is 9.90 Å². The highest BCUT2D eigenvalue weighted by atomic mass is 32.1. The van der Waals surface area contributed by atoms with Crippen LogP contribution >= 0.6 is 12.2 Å². The Kier molecular flexibility index (Phi) is 4.87. The zero-order valence-corrected chi connectivity index (χ0v) is 12.8. The quantitative estimate of drug-likeness (QED) is 0.730. The van der Waals surface area contributed by atoms with E-state index in [1.54, 1.807) is 11.5 Å². The number of aromatic amines is 1. The van der Waals surface area contributed by atoms with Crippen LogP contribution in [0.1, 0.15) is 12.5 Å². The molecule has 7 heteroatoms. The van der Waals surface area contributed by atoms with Gasteiger partial charge in [0.05, 0.1) is 6.61 Å². The normalized spacial score (nSPS) is 12.1. The molecule has 21 heavy (non-hydrogen) atoms. The Morgan fingerprint density at radius 1 is 1.48 bits per heavy atom. The number of aryl methyl sites for hydroxylation is 1. The Balaban J connectivity index is 2.24. The van der Waals surface area contributed by atoms with E-state index in [-0.39, 0.29) is 25.1 Å². The minimum atomic E-state index is -0.290. The molecule has 2 aromatic rings. The third-order valence-corrected chi connectivity index (χ3v) is 3.36. The molecule has 1 unspecified atom stereocenters. The number of aliphatic hydroxyl groups excluding tert-OH is 1. The summed E-state index contributed by atoms with van der Waals surface area (Å²) >= 11 is 5.17. The molecule has 1 heterocycles. The van der Waals surface area contributed by atoms with Crippen LogP contribution < -0.4 is 5.32 Å². The molecule has 0 saturated carbocycles. The lowest BCUT2D eigenvalue weighted by Crippen LogP contribution is -2.37. The van der Waals surface area contributed by atoms with E-state index in [1.807, 2.05) is 31.2 Å². The average molecular weight is 306 g/mol. The second-order valence-corrected chi connectivity index (χ2v) is 5.34. The molecule has 0 radical (unpaired) electrons. The van der Waals surface area contributed by atoms with Crippen LogP contribution in [0.15, 0.2) is 24.3 Å². The van der Waals surface area contributed by atoms with Gasteiger partial charge in [-0.1, -0.05) is 29.8 Å². The maximum absolute atomic E-state index is 11.9. The number of H-pyrrole nitrogens is 1. The molecule has 0 aliphatic carbocycles. The number of carbonyl (C=O) groups excluding carboxylic acids is 1. The molecule has 0 bridgehead atoms. The molecule has 2 rings (SSSR count). The molecule has 6 nitrogen and oxygen atoms in total. The van der Waals surface area contributed by atoms with Gasteiger partial charge in [0.2, 0.25) is 5.91 Å². The maximum atomic E-state index is 11.9. The van der Waals surface area contributed by atoms with E-state index in [0.717, 1.165) is 11.1 Å². The highest BCUT2D eigenvalue weighted by molar-refractivity contribution is 7.71. The summed E-state index contributed by atoms with van der Waals surface area (Å²) in [5, 5.41) is 18.5. The number of carbonyl (C=O) groups is 1. The van der Waals surface area contributed by atoms with Crippen LogP contribution in [0.25, 0.3) is 11.4 Å². The number of aromatic nitrogens is 3. The van der Waals surface area contributed by atoms with E-state index in [2.05, 4.69) is 15.5 Å². The molecule has 112 valence electrons. The van der Waals surface area contributed by atoms with E-state index in [1.165, 1.54) is 0 Å². The number of hydrogen-bond acceptors (Lipinski definition) is 4. The zero-order chi connectivity index (χ0) is 15.4. The first-order valence-electron chi connectivity index (χ1n) is 6.63. The molecule has 1 amide bonds. The third kappa shape index (κ3) is 3.77. The molecule has 1 aromatic carbocycles. The van der Waals surface area contributed by atoms with Gasteiger partial charge < -0.3 is 10.4 Å². The van der Waals surface area contributed by atoms with E-state index < -0.39 is 0 Å². The largest absolute Gasteiger partial charge is 0.394 e. The lowest BCUT2D eigenvalue weighted by atomic mass is 10.1. The van der Waals surface area contributed by atoms with Crippen LogP contribution in [0.5, 0.6) is 0 Å². The van der Waals surface area contributed by atoms with Gasteiger partial charge >= 0.3 is 0 Å². The van der Waals surface area contributed by atoms with Gasteiger partial charge in [-0.2, -0.15) is 5.10 Å². The van der Waals surface area contributed by atoms with E-state index in [0.29, 0.717) is 10.6 Å². The Hall–Kier alpha value is -1.99. The van der Waals surface area contributed by atoms with Gasteiger partial charge in [-0.25, -0.2) is 0 Å². The van der Waals surface area contributed by atoms with Crippen molar-refractivity contribution >= 4 is 18.1 Å². The first-order valence-corrected chi connectivity index (χ1v) is 7.04. The predicted octanol–water partition coefficient (Wildman–Crippen LogP) is 1.41. The van der Waals surface area contributed by atoms with Crippen molar-refractivity contribution in [3.63, 3.8) is 0 Å². The number of benzene rings is 1. The molecular weight excluding hydrogens is 288 g/mol. The predicted molar refractivity (Wildman–Crippen MR) is 82.3 cm³/mol. The van der Waals surface area contributed by atoms with Gasteiger partial charge in [0.15, 0.2) is 10.6 Å². The van der Waals surface area contributed by atoms with Crippen molar-refractivity contribution in [2.45, 2.75) is 26.4 Å². The number of rotatable bonds is 5. The molecule has 1 aromatic heterocycles. The Morgan fingerprint density at radius 3 is 2.76 bits per heavy atom. The Morgan fingerprint density at radius 2 is 2.14 bits per heavy atom. The number of amides is 1. The lowest BCUT2D eigenvalue weighted by Gasteiger charge is -2.12. The fourth-order valence-electron chi connectivity index (χ4n) is 1.90. The Bertz CT molecular complexity index is 675. The van der Waals surface area contributed by atoms with Crippen LogP contribution in [-0.4, -0.2) is 38.4 Å². The van der Waals surface area contributed by atoms with Gasteiger partial charge in [-0.3, -0.25) is 14.5 Å². The first kappa shape index (κ1) is 15.4. The van der Waals surface area contributed by atoms with Crippen molar-refractivity contribution in [3.05, 3.63) is 34.6 Å². The summed E-state index contributed by atoms with van der Waals surface area (Å²) in [5.74, 6) is 0.397. The van der Waals surface area contributed by atoms with Crippen molar-refractivity contribution in [2.75, 3.05) is 6.61 Å². The van der Waals surface area contributed by atoms with Crippen LogP contribution in [0, 0.1) is 11.7 Å². The summed E-state index contributed by atoms with van der Waals surface area (Å²) in [7, 11) is 0. The number of nitrogens with zero attached hydrogens (tertiary/aromatic N) is 2. The van der Waals surface area contributed by atoms with E-state index in [4.69, 9.17) is 17.3 Å². The molecule has 0 aliphatic heterocycles. The van der Waals surface area contributed by atoms with Gasteiger partial charge in [-0.05, 0) is 26.1 Å². The van der Waals surface area contributed by atoms with Gasteiger partial charge in [0.25, 0.3) is 0 Å². The van der Waals surface area contributed by atoms with Crippen molar-refractivity contribution in [3.8, 4) is 11.4 Å². The average Bonchev–Trinajstić information content (AvgIpc) is 2.81. The zero-order valence-electron chi connectivity index (χ0n) is 12.0. The summed E-state index contributed by atoms with van der Waals surface area (Å²) in [6, 6.07) is 7.54. The van der Waals surface area contributed by atoms with Gasteiger partial charge in [0, 0.05) is 11.6 Å². The summed E-state index contributed by atoms with van der Waals surface area (Å²) in [4.78, 5) is 11.9. The van der Waals surface area contributed by atoms with Crippen molar-refractivity contribution in [1.29, 1.82) is 0 Å². The van der Waals surface area contributed by atoms with Crippen LogP contribution in [-0.2, 0) is 11.3 Å². The van der Waals surface area contributed by atoms with Crippen molar-refractivity contribution in [1.82, 2.24) is 20.1 Å². The maximum Gasteiger partial charge on any atom is 0.240 e. The molecule has 0 aliphatic rings. The fraction of sp³-hybridized carbons (Fsp3) is 0.357. The van der Waals surface area contributed by atoms with Crippen LogP contribution in [0.4, 0.5) is 0 Å². The van der Waals surface area contributed by atoms with Gasteiger partial charge in [0.1, 0.15) is 6.54 Å². The van der Waals surface area contributed by atoms with E-state index >= 15 is 0 Å². The molecule has 0 saturated heterocycles. The van der Waals surface area contributed by atoms with Crippen LogP contribution in [0.3, 0.4) is 0 Å². The topological polar surface area (TPSA) is 82.9 Å². The Labute approximate surface area is 127 Å². The molecule has 0 spiro atoms.